The number of likely N-dealkylation sites (tertiary alicyclic amines) is 1. The Hall–Kier alpha value is -1.20. The number of rotatable bonds is 3. The van der Waals surface area contributed by atoms with E-state index in [-0.39, 0.29) is 0 Å². The Bertz CT molecular complexity index is 638. The van der Waals surface area contributed by atoms with Crippen molar-refractivity contribution in [3.8, 4) is 0 Å². The van der Waals surface area contributed by atoms with Gasteiger partial charge in [-0.05, 0) is 43.2 Å². The van der Waals surface area contributed by atoms with E-state index in [1.54, 1.807) is 11.3 Å². The molecule has 0 spiro atoms. The third-order valence-corrected chi connectivity index (χ3v) is 5.88. The van der Waals surface area contributed by atoms with Gasteiger partial charge in [-0.25, -0.2) is 9.97 Å². The van der Waals surface area contributed by atoms with Crippen molar-refractivity contribution in [2.24, 2.45) is 5.92 Å². The molecule has 21 heavy (non-hydrogen) atoms. The number of nitrogens with one attached hydrogen (secondary N) is 1. The fourth-order valence-corrected chi connectivity index (χ4v) is 4.82. The van der Waals surface area contributed by atoms with Gasteiger partial charge in [0.1, 0.15) is 16.5 Å². The predicted octanol–water partition coefficient (Wildman–Crippen LogP) is 3.50. The van der Waals surface area contributed by atoms with Gasteiger partial charge in [0, 0.05) is 13.1 Å². The summed E-state index contributed by atoms with van der Waals surface area (Å²) in [4.78, 5) is 13.2. The molecule has 2 aromatic heterocycles. The number of anilines is 1. The molecule has 1 saturated carbocycles. The summed E-state index contributed by atoms with van der Waals surface area (Å²) >= 11 is 1.70. The Labute approximate surface area is 129 Å². The molecular formula is C16H22N4S. The highest BCUT2D eigenvalue weighted by molar-refractivity contribution is 7.16. The van der Waals surface area contributed by atoms with Crippen LogP contribution in [0.1, 0.15) is 37.9 Å². The van der Waals surface area contributed by atoms with E-state index in [1.165, 1.54) is 38.6 Å². The topological polar surface area (TPSA) is 41.1 Å². The van der Waals surface area contributed by atoms with Gasteiger partial charge in [0.25, 0.3) is 0 Å². The number of nitrogens with zero attached hydrogens (tertiary/aromatic N) is 3. The molecule has 4 rings (SSSR count). The second-order valence-electron chi connectivity index (χ2n) is 6.25. The molecule has 5 heteroatoms. The first-order chi connectivity index (χ1) is 10.3. The normalized spacial score (nSPS) is 26.1. The highest BCUT2D eigenvalue weighted by Gasteiger charge is 2.35. The third-order valence-electron chi connectivity index (χ3n) is 5.08. The van der Waals surface area contributed by atoms with Crippen molar-refractivity contribution in [1.82, 2.24) is 14.9 Å². The van der Waals surface area contributed by atoms with Crippen LogP contribution in [0.15, 0.2) is 11.4 Å². The van der Waals surface area contributed by atoms with Gasteiger partial charge in [0.15, 0.2) is 0 Å². The zero-order chi connectivity index (χ0) is 14.2. The number of hydrogen-bond acceptors (Lipinski definition) is 5. The van der Waals surface area contributed by atoms with Gasteiger partial charge in [-0.1, -0.05) is 12.8 Å². The first-order valence-electron chi connectivity index (χ1n) is 8.01. The predicted molar refractivity (Wildman–Crippen MR) is 87.7 cm³/mol. The number of aromatic nitrogens is 2. The van der Waals surface area contributed by atoms with Crippen molar-refractivity contribution in [1.29, 1.82) is 0 Å². The van der Waals surface area contributed by atoms with E-state index in [2.05, 4.69) is 21.7 Å². The standard InChI is InChI=1S/C16H22N4S/c1-17-15-12-7-9-21-16(12)19-14(18-15)10-20-8-6-11-4-2-3-5-13(11)20/h7,9,11,13H,2-6,8,10H2,1H3,(H,17,18,19). The fourth-order valence-electron chi connectivity index (χ4n) is 4.04. The first-order valence-corrected chi connectivity index (χ1v) is 8.89. The van der Waals surface area contributed by atoms with Gasteiger partial charge in [0.2, 0.25) is 0 Å². The summed E-state index contributed by atoms with van der Waals surface area (Å²) in [7, 11) is 1.94. The summed E-state index contributed by atoms with van der Waals surface area (Å²) in [5.74, 6) is 2.86. The lowest BCUT2D eigenvalue weighted by Gasteiger charge is -2.31. The Morgan fingerprint density at radius 1 is 1.29 bits per heavy atom. The van der Waals surface area contributed by atoms with Crippen LogP contribution in [-0.2, 0) is 6.54 Å². The van der Waals surface area contributed by atoms with E-state index in [1.807, 2.05) is 7.05 Å². The van der Waals surface area contributed by atoms with Crippen LogP contribution in [0.25, 0.3) is 10.2 Å². The molecule has 0 bridgehead atoms. The molecule has 3 heterocycles. The second kappa shape index (κ2) is 5.54. The average Bonchev–Trinajstić information content (AvgIpc) is 3.14. The van der Waals surface area contributed by atoms with Crippen molar-refractivity contribution >= 4 is 27.4 Å². The number of hydrogen-bond donors (Lipinski definition) is 1. The van der Waals surface area contributed by atoms with Gasteiger partial charge in [-0.15, -0.1) is 11.3 Å². The summed E-state index contributed by atoms with van der Waals surface area (Å²) in [5.41, 5.74) is 0. The van der Waals surface area contributed by atoms with Gasteiger partial charge >= 0.3 is 0 Å². The van der Waals surface area contributed by atoms with Gasteiger partial charge in [-0.2, -0.15) is 0 Å². The highest BCUT2D eigenvalue weighted by Crippen LogP contribution is 2.37. The number of fused-ring (bicyclic) bond motifs is 2. The van der Waals surface area contributed by atoms with Crippen molar-refractivity contribution < 1.29 is 0 Å². The van der Waals surface area contributed by atoms with Crippen LogP contribution in [0, 0.1) is 5.92 Å². The molecule has 0 aromatic carbocycles. The zero-order valence-electron chi connectivity index (χ0n) is 12.5. The van der Waals surface area contributed by atoms with Crippen LogP contribution < -0.4 is 5.32 Å². The molecule has 1 aliphatic heterocycles. The van der Waals surface area contributed by atoms with Crippen molar-refractivity contribution in [3.63, 3.8) is 0 Å². The van der Waals surface area contributed by atoms with E-state index >= 15 is 0 Å². The quantitative estimate of drug-likeness (QED) is 0.942. The van der Waals surface area contributed by atoms with Crippen molar-refractivity contribution in [2.75, 3.05) is 18.9 Å². The van der Waals surface area contributed by atoms with Crippen LogP contribution >= 0.6 is 11.3 Å². The van der Waals surface area contributed by atoms with E-state index in [0.29, 0.717) is 0 Å². The molecule has 1 saturated heterocycles. The maximum Gasteiger partial charge on any atom is 0.146 e. The zero-order valence-corrected chi connectivity index (χ0v) is 13.3. The molecule has 2 atom stereocenters. The summed E-state index contributed by atoms with van der Waals surface area (Å²) in [6.45, 7) is 2.12. The molecule has 2 aromatic rings. The van der Waals surface area contributed by atoms with Crippen LogP contribution in [0.5, 0.6) is 0 Å². The average molecular weight is 302 g/mol. The van der Waals surface area contributed by atoms with E-state index in [9.17, 15) is 0 Å². The Morgan fingerprint density at radius 2 is 2.19 bits per heavy atom. The summed E-state index contributed by atoms with van der Waals surface area (Å²) < 4.78 is 0. The largest absolute Gasteiger partial charge is 0.372 e. The molecule has 1 N–H and O–H groups in total. The lowest BCUT2D eigenvalue weighted by molar-refractivity contribution is 0.173. The van der Waals surface area contributed by atoms with Crippen LogP contribution in [0.2, 0.25) is 0 Å². The lowest BCUT2D eigenvalue weighted by atomic mass is 9.85. The minimum Gasteiger partial charge on any atom is -0.372 e. The van der Waals surface area contributed by atoms with Crippen LogP contribution in [0.4, 0.5) is 5.82 Å². The Kier molecular flexibility index (Phi) is 3.55. The molecule has 2 fully saturated rings. The van der Waals surface area contributed by atoms with Crippen LogP contribution in [0.3, 0.4) is 0 Å². The van der Waals surface area contributed by atoms with Gasteiger partial charge in [0.05, 0.1) is 11.9 Å². The summed E-state index contributed by atoms with van der Waals surface area (Å²) in [6, 6.07) is 2.88. The van der Waals surface area contributed by atoms with E-state index < -0.39 is 0 Å². The van der Waals surface area contributed by atoms with Gasteiger partial charge in [-0.3, -0.25) is 4.90 Å². The molecule has 0 radical (unpaired) electrons. The minimum atomic E-state index is 0.777. The lowest BCUT2D eigenvalue weighted by Crippen LogP contribution is -2.34. The van der Waals surface area contributed by atoms with E-state index in [0.717, 1.165) is 40.4 Å². The first kappa shape index (κ1) is 13.5. The minimum absolute atomic E-state index is 0.777. The SMILES string of the molecule is CNc1nc(CN2CCC3CCCCC32)nc2sccc12. The summed E-state index contributed by atoms with van der Waals surface area (Å²) in [6.07, 6.45) is 6.98. The fraction of sp³-hybridized carbons (Fsp3) is 0.625. The van der Waals surface area contributed by atoms with Gasteiger partial charge < -0.3 is 5.32 Å². The molecule has 0 amide bonds. The maximum absolute atomic E-state index is 4.77. The molecule has 1 aliphatic carbocycles. The molecular weight excluding hydrogens is 280 g/mol. The van der Waals surface area contributed by atoms with Crippen molar-refractivity contribution in [3.05, 3.63) is 17.3 Å². The molecule has 112 valence electrons. The summed E-state index contributed by atoms with van der Waals surface area (Å²) in [5, 5.41) is 6.45. The monoisotopic (exact) mass is 302 g/mol. The Balaban J connectivity index is 1.59. The number of thiophene rings is 1. The van der Waals surface area contributed by atoms with Crippen LogP contribution in [-0.4, -0.2) is 34.5 Å². The molecule has 4 nitrogen and oxygen atoms in total. The maximum atomic E-state index is 4.77. The van der Waals surface area contributed by atoms with E-state index in [4.69, 9.17) is 9.97 Å². The molecule has 2 aliphatic rings. The Morgan fingerprint density at radius 3 is 3.10 bits per heavy atom. The highest BCUT2D eigenvalue weighted by atomic mass is 32.1. The molecule has 2 unspecified atom stereocenters. The second-order valence-corrected chi connectivity index (χ2v) is 7.14. The third kappa shape index (κ3) is 2.42. The van der Waals surface area contributed by atoms with Crippen molar-refractivity contribution in [2.45, 2.75) is 44.7 Å². The smallest absolute Gasteiger partial charge is 0.146 e.